The number of aliphatic hydroxyl groups is 1. The van der Waals surface area contributed by atoms with E-state index < -0.39 is 12.1 Å². The number of nitrogens with one attached hydrogen (secondary N) is 1. The number of hydrogen-bond donors (Lipinski definition) is 3. The molecule has 0 heterocycles. The van der Waals surface area contributed by atoms with Crippen LogP contribution in [0.25, 0.3) is 0 Å². The van der Waals surface area contributed by atoms with E-state index >= 15 is 0 Å². The summed E-state index contributed by atoms with van der Waals surface area (Å²) in [4.78, 5) is 10.5. The first kappa shape index (κ1) is 23.0. The Bertz CT molecular complexity index is 696. The molecule has 2 aromatic rings. The number of aliphatic hydroxyl groups excluding tert-OH is 1. The van der Waals surface area contributed by atoms with Crippen molar-refractivity contribution >= 4 is 47.1 Å². The molecule has 2 unspecified atom stereocenters. The fraction of sp³-hybridized carbons (Fsp3) is 0.316. The molecule has 3 N–H and O–H groups in total. The predicted molar refractivity (Wildman–Crippen MR) is 104 cm³/mol. The maximum atomic E-state index is 10.5. The summed E-state index contributed by atoms with van der Waals surface area (Å²) >= 11 is 5.94. The number of hydrogen-bond acceptors (Lipinski definition) is 4. The number of benzene rings is 2. The third kappa shape index (κ3) is 8.08. The van der Waals surface area contributed by atoms with Crippen molar-refractivity contribution in [3.8, 4) is 5.75 Å². The van der Waals surface area contributed by atoms with E-state index in [-0.39, 0.29) is 42.2 Å². The number of aliphatic carboxylic acids is 1. The molecule has 0 saturated carbocycles. The molecular weight excluding hydrogens is 365 g/mol. The van der Waals surface area contributed by atoms with Crippen molar-refractivity contribution in [3.05, 3.63) is 64.7 Å². The quantitative estimate of drug-likeness (QED) is 0.576. The molecule has 0 aliphatic carbocycles. The van der Waals surface area contributed by atoms with Crippen LogP contribution in [0.4, 0.5) is 0 Å². The fourth-order valence-corrected chi connectivity index (χ4v) is 2.64. The van der Waals surface area contributed by atoms with Crippen LogP contribution in [0.3, 0.4) is 0 Å². The van der Waals surface area contributed by atoms with Crippen LogP contribution < -0.4 is 10.1 Å². The first-order valence-electron chi connectivity index (χ1n) is 8.04. The van der Waals surface area contributed by atoms with Gasteiger partial charge in [-0.2, -0.15) is 0 Å². The van der Waals surface area contributed by atoms with Crippen LogP contribution in [-0.2, 0) is 11.2 Å². The Morgan fingerprint density at radius 2 is 1.92 bits per heavy atom. The molecule has 0 amide bonds. The van der Waals surface area contributed by atoms with E-state index in [9.17, 15) is 9.90 Å². The number of rotatable bonds is 9. The summed E-state index contributed by atoms with van der Waals surface area (Å²) < 4.78 is 5.11. The molecule has 0 fully saturated rings. The normalized spacial score (nSPS) is 12.7. The zero-order valence-electron chi connectivity index (χ0n) is 14.0. The van der Waals surface area contributed by atoms with Crippen molar-refractivity contribution in [2.24, 2.45) is 0 Å². The minimum atomic E-state index is -1.000. The second-order valence-corrected chi connectivity index (χ2v) is 6.35. The van der Waals surface area contributed by atoms with Crippen LogP contribution in [0.2, 0.25) is 5.02 Å². The Balaban J connectivity index is 0.00000338. The molecule has 5 nitrogen and oxygen atoms in total. The third-order valence-electron chi connectivity index (χ3n) is 3.72. The van der Waals surface area contributed by atoms with Gasteiger partial charge >= 0.3 is 35.5 Å². The average molecular weight is 388 g/mol. The van der Waals surface area contributed by atoms with Gasteiger partial charge in [-0.05, 0) is 48.7 Å². The Kier molecular flexibility index (Phi) is 10.2. The van der Waals surface area contributed by atoms with Crippen molar-refractivity contribution in [2.75, 3.05) is 13.2 Å². The van der Waals surface area contributed by atoms with Gasteiger partial charge in [-0.3, -0.25) is 0 Å². The first-order chi connectivity index (χ1) is 11.9. The van der Waals surface area contributed by atoms with Crippen LogP contribution in [0, 0.1) is 0 Å². The van der Waals surface area contributed by atoms with E-state index in [2.05, 4.69) is 5.32 Å². The summed E-state index contributed by atoms with van der Waals surface area (Å²) in [6.45, 7) is 2.12. The average Bonchev–Trinajstić information content (AvgIpc) is 2.59. The van der Waals surface area contributed by atoms with Crippen molar-refractivity contribution in [2.45, 2.75) is 25.5 Å². The zero-order chi connectivity index (χ0) is 18.2. The summed E-state index contributed by atoms with van der Waals surface area (Å²) in [6.07, 6.45) is 0.162. The van der Waals surface area contributed by atoms with E-state index in [4.69, 9.17) is 21.4 Å². The summed E-state index contributed by atoms with van der Waals surface area (Å²) in [5, 5.41) is 22.7. The Labute approximate surface area is 180 Å². The predicted octanol–water partition coefficient (Wildman–Crippen LogP) is 2.41. The van der Waals surface area contributed by atoms with Crippen molar-refractivity contribution in [3.63, 3.8) is 0 Å². The molecule has 2 aromatic carbocycles. The summed E-state index contributed by atoms with van der Waals surface area (Å²) in [6, 6.07) is 14.7. The number of ether oxygens (including phenoxy) is 1. The van der Waals surface area contributed by atoms with Crippen molar-refractivity contribution in [1.82, 2.24) is 5.32 Å². The molecule has 2 atom stereocenters. The second kappa shape index (κ2) is 11.6. The van der Waals surface area contributed by atoms with Crippen molar-refractivity contribution in [1.29, 1.82) is 0 Å². The van der Waals surface area contributed by atoms with Gasteiger partial charge in [-0.1, -0.05) is 35.9 Å². The van der Waals surface area contributed by atoms with Crippen LogP contribution in [0.5, 0.6) is 5.75 Å². The standard InChI is InChI=1S/C19H22ClNO4.Na.H/c1-13(21-11-18(22)15-3-2-4-16(20)10-15)9-14-5-7-17(8-6-14)25-12-19(23)24;;/h2-8,10,13,18,21-22H,9,11-12H2,1H3,(H,23,24);;. The number of carboxylic acid groups (broad SMARTS) is 1. The maximum absolute atomic E-state index is 10.5. The molecule has 2 rings (SSSR count). The number of carbonyl (C=O) groups is 1. The van der Waals surface area contributed by atoms with Crippen LogP contribution in [0.1, 0.15) is 24.2 Å². The molecule has 0 saturated heterocycles. The van der Waals surface area contributed by atoms with Gasteiger partial charge in [0.1, 0.15) is 5.75 Å². The summed E-state index contributed by atoms with van der Waals surface area (Å²) in [7, 11) is 0. The van der Waals surface area contributed by atoms with Gasteiger partial charge < -0.3 is 20.3 Å². The number of carboxylic acids is 1. The van der Waals surface area contributed by atoms with Gasteiger partial charge in [0.25, 0.3) is 0 Å². The molecule has 0 aliphatic heterocycles. The molecule has 136 valence electrons. The zero-order valence-corrected chi connectivity index (χ0v) is 14.7. The topological polar surface area (TPSA) is 78.8 Å². The molecule has 7 heteroatoms. The van der Waals surface area contributed by atoms with E-state index in [1.54, 1.807) is 24.3 Å². The minimum absolute atomic E-state index is 0. The Morgan fingerprint density at radius 3 is 2.54 bits per heavy atom. The fourth-order valence-electron chi connectivity index (χ4n) is 2.44. The van der Waals surface area contributed by atoms with Gasteiger partial charge in [0.05, 0.1) is 6.10 Å². The van der Waals surface area contributed by atoms with Gasteiger partial charge in [0, 0.05) is 17.6 Å². The van der Waals surface area contributed by atoms with Gasteiger partial charge in [-0.25, -0.2) is 4.79 Å². The number of halogens is 1. The van der Waals surface area contributed by atoms with E-state index in [1.165, 1.54) is 0 Å². The van der Waals surface area contributed by atoms with Gasteiger partial charge in [0.15, 0.2) is 6.61 Å². The summed E-state index contributed by atoms with van der Waals surface area (Å²) in [5.41, 5.74) is 1.88. The SMILES string of the molecule is CC(Cc1ccc(OCC(=O)O)cc1)NCC(O)c1cccc(Cl)c1.[NaH]. The molecular formula is C19H23ClNNaO4. The monoisotopic (exact) mass is 387 g/mol. The van der Waals surface area contributed by atoms with E-state index in [1.807, 2.05) is 31.2 Å². The Morgan fingerprint density at radius 1 is 1.23 bits per heavy atom. The Hall–Kier alpha value is -1.08. The van der Waals surface area contributed by atoms with E-state index in [0.717, 1.165) is 17.5 Å². The molecule has 0 radical (unpaired) electrons. The third-order valence-corrected chi connectivity index (χ3v) is 3.96. The molecule has 0 bridgehead atoms. The summed E-state index contributed by atoms with van der Waals surface area (Å²) in [5.74, 6) is -0.469. The molecule has 0 aromatic heterocycles. The van der Waals surface area contributed by atoms with Crippen molar-refractivity contribution < 1.29 is 19.7 Å². The van der Waals surface area contributed by atoms with E-state index in [0.29, 0.717) is 17.3 Å². The molecule has 0 spiro atoms. The second-order valence-electron chi connectivity index (χ2n) is 5.91. The first-order valence-corrected chi connectivity index (χ1v) is 8.42. The van der Waals surface area contributed by atoms with Crippen LogP contribution >= 0.6 is 11.6 Å². The molecule has 26 heavy (non-hydrogen) atoms. The van der Waals surface area contributed by atoms with Crippen LogP contribution in [0.15, 0.2) is 48.5 Å². The van der Waals surface area contributed by atoms with Crippen LogP contribution in [-0.4, -0.2) is 64.9 Å². The van der Waals surface area contributed by atoms with Gasteiger partial charge in [-0.15, -0.1) is 0 Å². The molecule has 0 aliphatic rings. The van der Waals surface area contributed by atoms with Gasteiger partial charge in [0.2, 0.25) is 0 Å².